The van der Waals surface area contributed by atoms with Crippen LogP contribution in [-0.4, -0.2) is 39.4 Å². The number of nitrogens with zero attached hydrogens (tertiary/aromatic N) is 1. The molecule has 1 saturated carbocycles. The second-order valence-corrected chi connectivity index (χ2v) is 7.01. The van der Waals surface area contributed by atoms with Crippen LogP contribution < -0.4 is 15.4 Å². The van der Waals surface area contributed by atoms with E-state index in [2.05, 4.69) is 29.7 Å². The zero-order chi connectivity index (χ0) is 18.0. The fourth-order valence-corrected chi connectivity index (χ4v) is 2.86. The van der Waals surface area contributed by atoms with Gasteiger partial charge < -0.3 is 20.1 Å². The Balaban J connectivity index is 1.86. The molecule has 2 N–H and O–H groups in total. The molecule has 0 radical (unpaired) electrons. The predicted molar refractivity (Wildman–Crippen MR) is 103 cm³/mol. The van der Waals surface area contributed by atoms with Gasteiger partial charge in [-0.2, -0.15) is 0 Å². The van der Waals surface area contributed by atoms with Gasteiger partial charge in [-0.15, -0.1) is 0 Å². The van der Waals surface area contributed by atoms with Crippen molar-refractivity contribution in [3.63, 3.8) is 0 Å². The number of aliphatic imine (C=N–C) groups is 1. The quantitative estimate of drug-likeness (QED) is 0.387. The second-order valence-electron chi connectivity index (χ2n) is 7.01. The molecule has 25 heavy (non-hydrogen) atoms. The topological polar surface area (TPSA) is 54.9 Å². The van der Waals surface area contributed by atoms with Gasteiger partial charge in [0.05, 0.1) is 13.7 Å². The van der Waals surface area contributed by atoms with Crippen LogP contribution >= 0.6 is 0 Å². The maximum Gasteiger partial charge on any atom is 0.191 e. The van der Waals surface area contributed by atoms with Gasteiger partial charge in [-0.3, -0.25) is 0 Å². The molecule has 0 atom stereocenters. The van der Waals surface area contributed by atoms with E-state index in [1.807, 2.05) is 19.1 Å². The van der Waals surface area contributed by atoms with Gasteiger partial charge in [-0.1, -0.05) is 25.5 Å². The molecule has 0 heterocycles. The van der Waals surface area contributed by atoms with Gasteiger partial charge in [0.1, 0.15) is 5.75 Å². The molecule has 0 aliphatic heterocycles. The minimum atomic E-state index is 0.424. The first-order valence-electron chi connectivity index (χ1n) is 9.38. The van der Waals surface area contributed by atoms with E-state index in [0.29, 0.717) is 12.0 Å². The van der Waals surface area contributed by atoms with E-state index in [4.69, 9.17) is 14.5 Å². The van der Waals surface area contributed by atoms with Crippen LogP contribution in [0.1, 0.15) is 45.1 Å². The fourth-order valence-electron chi connectivity index (χ4n) is 2.86. The Morgan fingerprint density at radius 1 is 1.20 bits per heavy atom. The number of guanidine groups is 1. The number of ether oxygens (including phenoxy) is 2. The Kier molecular flexibility index (Phi) is 8.06. The lowest BCUT2D eigenvalue weighted by molar-refractivity contribution is 0.145. The Morgan fingerprint density at radius 3 is 2.56 bits per heavy atom. The van der Waals surface area contributed by atoms with Gasteiger partial charge in [-0.25, -0.2) is 4.99 Å². The van der Waals surface area contributed by atoms with Gasteiger partial charge >= 0.3 is 0 Å². The first-order chi connectivity index (χ1) is 12.1. The highest BCUT2D eigenvalue weighted by Crippen LogP contribution is 2.39. The molecule has 0 aromatic heterocycles. The standard InChI is InChI=1S/C20H33N3O2/c1-4-25-14-6-13-21-19(23-16-20(2)11-5-12-20)22-15-17-7-9-18(24-3)10-8-17/h7-10H,4-6,11-16H2,1-3H3,(H2,21,22,23). The molecule has 1 aromatic rings. The Hall–Kier alpha value is -1.75. The highest BCUT2D eigenvalue weighted by atomic mass is 16.5. The highest BCUT2D eigenvalue weighted by Gasteiger charge is 2.31. The van der Waals surface area contributed by atoms with Crippen LogP contribution in [0.4, 0.5) is 0 Å². The van der Waals surface area contributed by atoms with Crippen molar-refractivity contribution in [3.8, 4) is 5.75 Å². The lowest BCUT2D eigenvalue weighted by Gasteiger charge is -2.38. The van der Waals surface area contributed by atoms with Crippen molar-refractivity contribution in [2.75, 3.05) is 33.4 Å². The van der Waals surface area contributed by atoms with Crippen LogP contribution in [0.5, 0.6) is 5.75 Å². The van der Waals surface area contributed by atoms with Crippen molar-refractivity contribution in [2.45, 2.75) is 46.1 Å². The van der Waals surface area contributed by atoms with Crippen molar-refractivity contribution < 1.29 is 9.47 Å². The van der Waals surface area contributed by atoms with E-state index < -0.39 is 0 Å². The molecule has 1 aromatic carbocycles. The highest BCUT2D eigenvalue weighted by molar-refractivity contribution is 5.79. The van der Waals surface area contributed by atoms with Gasteiger partial charge in [0.2, 0.25) is 0 Å². The third-order valence-electron chi connectivity index (χ3n) is 4.78. The molecule has 0 unspecified atom stereocenters. The molecule has 1 aliphatic rings. The molecule has 0 amide bonds. The summed E-state index contributed by atoms with van der Waals surface area (Å²) in [6.45, 7) is 8.43. The average Bonchev–Trinajstić information content (AvgIpc) is 2.62. The third kappa shape index (κ3) is 6.94. The minimum absolute atomic E-state index is 0.424. The van der Waals surface area contributed by atoms with E-state index in [1.165, 1.54) is 24.8 Å². The van der Waals surface area contributed by atoms with Gasteiger partial charge in [0.15, 0.2) is 5.96 Å². The van der Waals surface area contributed by atoms with Crippen molar-refractivity contribution in [1.29, 1.82) is 0 Å². The summed E-state index contributed by atoms with van der Waals surface area (Å²) in [5.41, 5.74) is 1.60. The number of hydrogen-bond donors (Lipinski definition) is 2. The number of hydrogen-bond acceptors (Lipinski definition) is 3. The summed E-state index contributed by atoms with van der Waals surface area (Å²) < 4.78 is 10.6. The third-order valence-corrected chi connectivity index (χ3v) is 4.78. The largest absolute Gasteiger partial charge is 0.497 e. The van der Waals surface area contributed by atoms with Crippen LogP contribution in [0.3, 0.4) is 0 Å². The zero-order valence-electron chi connectivity index (χ0n) is 15.9. The van der Waals surface area contributed by atoms with Gasteiger partial charge in [0, 0.05) is 26.3 Å². The number of rotatable bonds is 10. The fraction of sp³-hybridized carbons (Fsp3) is 0.650. The monoisotopic (exact) mass is 347 g/mol. The van der Waals surface area contributed by atoms with E-state index in [-0.39, 0.29) is 0 Å². The summed E-state index contributed by atoms with van der Waals surface area (Å²) >= 11 is 0. The first-order valence-corrected chi connectivity index (χ1v) is 9.38. The molecular formula is C20H33N3O2. The zero-order valence-corrected chi connectivity index (χ0v) is 15.9. The molecule has 140 valence electrons. The van der Waals surface area contributed by atoms with Crippen molar-refractivity contribution in [2.24, 2.45) is 10.4 Å². The molecule has 0 bridgehead atoms. The van der Waals surface area contributed by atoms with Crippen molar-refractivity contribution >= 4 is 5.96 Å². The lowest BCUT2D eigenvalue weighted by Crippen LogP contribution is -2.45. The summed E-state index contributed by atoms with van der Waals surface area (Å²) in [5, 5.41) is 6.95. The van der Waals surface area contributed by atoms with Crippen LogP contribution in [0.15, 0.2) is 29.3 Å². The summed E-state index contributed by atoms with van der Waals surface area (Å²) in [5.74, 6) is 1.76. The average molecular weight is 348 g/mol. The minimum Gasteiger partial charge on any atom is -0.497 e. The summed E-state index contributed by atoms with van der Waals surface area (Å²) in [4.78, 5) is 4.74. The molecule has 0 spiro atoms. The molecular weight excluding hydrogens is 314 g/mol. The Morgan fingerprint density at radius 2 is 1.96 bits per heavy atom. The second kappa shape index (κ2) is 10.3. The summed E-state index contributed by atoms with van der Waals surface area (Å²) in [6, 6.07) is 8.07. The van der Waals surface area contributed by atoms with E-state index >= 15 is 0 Å². The maximum atomic E-state index is 5.40. The molecule has 5 nitrogen and oxygen atoms in total. The van der Waals surface area contributed by atoms with E-state index in [1.54, 1.807) is 7.11 Å². The van der Waals surface area contributed by atoms with Crippen LogP contribution in [-0.2, 0) is 11.3 Å². The predicted octanol–water partition coefficient (Wildman–Crippen LogP) is 3.35. The van der Waals surface area contributed by atoms with Crippen molar-refractivity contribution in [3.05, 3.63) is 29.8 Å². The van der Waals surface area contributed by atoms with Crippen molar-refractivity contribution in [1.82, 2.24) is 10.6 Å². The van der Waals surface area contributed by atoms with Gasteiger partial charge in [-0.05, 0) is 49.3 Å². The lowest BCUT2D eigenvalue weighted by atomic mass is 9.70. The van der Waals surface area contributed by atoms with Crippen LogP contribution in [0.25, 0.3) is 0 Å². The summed E-state index contributed by atoms with van der Waals surface area (Å²) in [6.07, 6.45) is 4.93. The van der Waals surface area contributed by atoms with Gasteiger partial charge in [0.25, 0.3) is 0 Å². The van der Waals surface area contributed by atoms with E-state index in [9.17, 15) is 0 Å². The summed E-state index contributed by atoms with van der Waals surface area (Å²) in [7, 11) is 1.68. The van der Waals surface area contributed by atoms with Crippen LogP contribution in [0.2, 0.25) is 0 Å². The molecule has 1 aliphatic carbocycles. The Bertz CT molecular complexity index is 524. The SMILES string of the molecule is CCOCCCNC(=NCc1ccc(OC)cc1)NCC1(C)CCC1. The number of nitrogens with one attached hydrogen (secondary N) is 2. The number of benzene rings is 1. The van der Waals surface area contributed by atoms with Crippen LogP contribution in [0, 0.1) is 5.41 Å². The van der Waals surface area contributed by atoms with E-state index in [0.717, 1.165) is 44.4 Å². The number of methoxy groups -OCH3 is 1. The maximum absolute atomic E-state index is 5.40. The Labute approximate surface area is 152 Å². The molecule has 1 fully saturated rings. The molecule has 0 saturated heterocycles. The molecule has 2 rings (SSSR count). The molecule has 5 heteroatoms. The first kappa shape index (κ1) is 19.6. The normalized spacial score (nSPS) is 16.2. The smallest absolute Gasteiger partial charge is 0.191 e.